The molecule has 0 amide bonds. The van der Waals surface area contributed by atoms with Crippen LogP contribution in [0.1, 0.15) is 18.1 Å². The molecule has 0 radical (unpaired) electrons. The van der Waals surface area contributed by atoms with E-state index in [-0.39, 0.29) is 11.9 Å². The van der Waals surface area contributed by atoms with E-state index < -0.39 is 6.10 Å². The zero-order chi connectivity index (χ0) is 14.4. The first-order chi connectivity index (χ1) is 9.65. The zero-order valence-electron chi connectivity index (χ0n) is 11.6. The van der Waals surface area contributed by atoms with Crippen LogP contribution in [0.4, 0.5) is 4.39 Å². The summed E-state index contributed by atoms with van der Waals surface area (Å²) in [5, 5.41) is 13.4. The third kappa shape index (κ3) is 4.44. The largest absolute Gasteiger partial charge is 0.391 e. The van der Waals surface area contributed by atoms with Gasteiger partial charge in [0, 0.05) is 12.6 Å². The number of rotatable bonds is 6. The van der Waals surface area contributed by atoms with Crippen LogP contribution in [0.15, 0.2) is 54.6 Å². The van der Waals surface area contributed by atoms with Gasteiger partial charge >= 0.3 is 0 Å². The molecule has 0 bridgehead atoms. The Labute approximate surface area is 119 Å². The predicted molar refractivity (Wildman–Crippen MR) is 78.9 cm³/mol. The quantitative estimate of drug-likeness (QED) is 0.848. The SMILES string of the molecule is CC(NCc1cccc(F)c1)C(O)Cc1ccccc1. The van der Waals surface area contributed by atoms with Crippen molar-refractivity contribution in [3.63, 3.8) is 0 Å². The van der Waals surface area contributed by atoms with Crippen molar-refractivity contribution < 1.29 is 9.50 Å². The van der Waals surface area contributed by atoms with Crippen molar-refractivity contribution >= 4 is 0 Å². The van der Waals surface area contributed by atoms with Crippen molar-refractivity contribution in [1.29, 1.82) is 0 Å². The lowest BCUT2D eigenvalue weighted by Crippen LogP contribution is -2.38. The first-order valence-corrected chi connectivity index (χ1v) is 6.85. The highest BCUT2D eigenvalue weighted by Gasteiger charge is 2.14. The molecule has 0 aliphatic heterocycles. The average molecular weight is 273 g/mol. The maximum atomic E-state index is 13.1. The third-order valence-corrected chi connectivity index (χ3v) is 3.38. The minimum absolute atomic E-state index is 0.0570. The van der Waals surface area contributed by atoms with Gasteiger partial charge in [0.05, 0.1) is 6.10 Å². The van der Waals surface area contributed by atoms with Gasteiger partial charge in [0.25, 0.3) is 0 Å². The molecule has 0 heterocycles. The van der Waals surface area contributed by atoms with Crippen molar-refractivity contribution in [3.8, 4) is 0 Å². The second-order valence-corrected chi connectivity index (χ2v) is 5.06. The van der Waals surface area contributed by atoms with E-state index >= 15 is 0 Å². The summed E-state index contributed by atoms with van der Waals surface area (Å²) in [6, 6.07) is 16.3. The highest BCUT2D eigenvalue weighted by Crippen LogP contribution is 2.08. The van der Waals surface area contributed by atoms with Crippen LogP contribution in [0, 0.1) is 5.82 Å². The molecule has 2 aromatic carbocycles. The number of halogens is 1. The van der Waals surface area contributed by atoms with E-state index in [2.05, 4.69) is 5.32 Å². The average Bonchev–Trinajstić information content (AvgIpc) is 2.46. The smallest absolute Gasteiger partial charge is 0.123 e. The third-order valence-electron chi connectivity index (χ3n) is 3.38. The molecule has 0 aromatic heterocycles. The number of nitrogens with one attached hydrogen (secondary N) is 1. The summed E-state index contributed by atoms with van der Waals surface area (Å²) in [7, 11) is 0. The van der Waals surface area contributed by atoms with Crippen molar-refractivity contribution in [3.05, 3.63) is 71.5 Å². The molecule has 3 heteroatoms. The van der Waals surface area contributed by atoms with Crippen LogP contribution in [0.25, 0.3) is 0 Å². The van der Waals surface area contributed by atoms with Crippen LogP contribution in [-0.4, -0.2) is 17.3 Å². The van der Waals surface area contributed by atoms with Gasteiger partial charge in [-0.3, -0.25) is 0 Å². The summed E-state index contributed by atoms with van der Waals surface area (Å²) in [6.07, 6.45) is 0.143. The molecule has 0 saturated carbocycles. The maximum Gasteiger partial charge on any atom is 0.123 e. The molecule has 0 saturated heterocycles. The standard InChI is InChI=1S/C17H20FNO/c1-13(17(20)11-14-6-3-2-4-7-14)19-12-15-8-5-9-16(18)10-15/h2-10,13,17,19-20H,11-12H2,1H3. The van der Waals surface area contributed by atoms with Crippen molar-refractivity contribution in [2.24, 2.45) is 0 Å². The summed E-state index contributed by atoms with van der Waals surface area (Å²) in [5.74, 6) is -0.234. The second-order valence-electron chi connectivity index (χ2n) is 5.06. The highest BCUT2D eigenvalue weighted by molar-refractivity contribution is 5.17. The van der Waals surface area contributed by atoms with Gasteiger partial charge in [-0.05, 0) is 36.6 Å². The lowest BCUT2D eigenvalue weighted by Gasteiger charge is -2.20. The molecule has 0 aliphatic rings. The van der Waals surface area contributed by atoms with E-state index in [1.807, 2.05) is 43.3 Å². The van der Waals surface area contributed by atoms with Crippen LogP contribution >= 0.6 is 0 Å². The van der Waals surface area contributed by atoms with Crippen LogP contribution in [0.2, 0.25) is 0 Å². The molecule has 2 nitrogen and oxygen atoms in total. The van der Waals surface area contributed by atoms with Gasteiger partial charge in [-0.25, -0.2) is 4.39 Å². The Bertz CT molecular complexity index is 530. The van der Waals surface area contributed by atoms with Gasteiger partial charge in [-0.15, -0.1) is 0 Å². The van der Waals surface area contributed by atoms with Crippen molar-refractivity contribution in [1.82, 2.24) is 5.32 Å². The summed E-state index contributed by atoms with van der Waals surface area (Å²) in [4.78, 5) is 0. The molecule has 2 atom stereocenters. The monoisotopic (exact) mass is 273 g/mol. The van der Waals surface area contributed by atoms with Crippen LogP contribution in [-0.2, 0) is 13.0 Å². The van der Waals surface area contributed by atoms with Gasteiger partial charge in [-0.1, -0.05) is 42.5 Å². The Kier molecular flexibility index (Phi) is 5.27. The summed E-state index contributed by atoms with van der Waals surface area (Å²) >= 11 is 0. The Morgan fingerprint density at radius 1 is 1.05 bits per heavy atom. The number of aliphatic hydroxyl groups is 1. The Morgan fingerprint density at radius 3 is 2.45 bits per heavy atom. The fourth-order valence-corrected chi connectivity index (χ4v) is 2.09. The van der Waals surface area contributed by atoms with E-state index in [0.29, 0.717) is 13.0 Å². The van der Waals surface area contributed by atoms with E-state index in [9.17, 15) is 9.50 Å². The van der Waals surface area contributed by atoms with E-state index in [4.69, 9.17) is 0 Å². The van der Waals surface area contributed by atoms with Crippen molar-refractivity contribution in [2.45, 2.75) is 32.0 Å². The summed E-state index contributed by atoms with van der Waals surface area (Å²) in [6.45, 7) is 2.48. The molecular weight excluding hydrogens is 253 g/mol. The van der Waals surface area contributed by atoms with Crippen LogP contribution < -0.4 is 5.32 Å². The first-order valence-electron chi connectivity index (χ1n) is 6.85. The molecule has 2 aromatic rings. The fraction of sp³-hybridized carbons (Fsp3) is 0.294. The predicted octanol–water partition coefficient (Wildman–Crippen LogP) is 2.91. The molecule has 2 N–H and O–H groups in total. The lowest BCUT2D eigenvalue weighted by atomic mass is 10.0. The second kappa shape index (κ2) is 7.17. The minimum atomic E-state index is -0.467. The number of hydrogen-bond donors (Lipinski definition) is 2. The van der Waals surface area contributed by atoms with Crippen LogP contribution in [0.5, 0.6) is 0 Å². The Balaban J connectivity index is 1.83. The minimum Gasteiger partial charge on any atom is -0.391 e. The number of hydrogen-bond acceptors (Lipinski definition) is 2. The van der Waals surface area contributed by atoms with E-state index in [0.717, 1.165) is 11.1 Å². The Hall–Kier alpha value is -1.71. The molecule has 0 fully saturated rings. The molecule has 20 heavy (non-hydrogen) atoms. The number of benzene rings is 2. The zero-order valence-corrected chi connectivity index (χ0v) is 11.6. The van der Waals surface area contributed by atoms with Crippen LogP contribution in [0.3, 0.4) is 0 Å². The van der Waals surface area contributed by atoms with Gasteiger partial charge in [0.2, 0.25) is 0 Å². The molecule has 0 spiro atoms. The molecule has 2 unspecified atom stereocenters. The van der Waals surface area contributed by atoms with Gasteiger partial charge in [-0.2, -0.15) is 0 Å². The highest BCUT2D eigenvalue weighted by atomic mass is 19.1. The van der Waals surface area contributed by atoms with Gasteiger partial charge in [0.15, 0.2) is 0 Å². The molecule has 106 valence electrons. The number of aliphatic hydroxyl groups excluding tert-OH is 1. The molecule has 0 aliphatic carbocycles. The normalized spacial score (nSPS) is 13.9. The summed E-state index contributed by atoms with van der Waals surface area (Å²) in [5.41, 5.74) is 1.99. The summed E-state index contributed by atoms with van der Waals surface area (Å²) < 4.78 is 13.1. The van der Waals surface area contributed by atoms with Gasteiger partial charge in [0.1, 0.15) is 5.82 Å². The molecular formula is C17H20FNO. The van der Waals surface area contributed by atoms with E-state index in [1.165, 1.54) is 12.1 Å². The fourth-order valence-electron chi connectivity index (χ4n) is 2.09. The van der Waals surface area contributed by atoms with Crippen molar-refractivity contribution in [2.75, 3.05) is 0 Å². The maximum absolute atomic E-state index is 13.1. The van der Waals surface area contributed by atoms with E-state index in [1.54, 1.807) is 6.07 Å². The lowest BCUT2D eigenvalue weighted by molar-refractivity contribution is 0.134. The van der Waals surface area contributed by atoms with Gasteiger partial charge < -0.3 is 10.4 Å². The first kappa shape index (κ1) is 14.7. The molecule has 2 rings (SSSR count). The Morgan fingerprint density at radius 2 is 1.75 bits per heavy atom. The topological polar surface area (TPSA) is 32.3 Å².